The van der Waals surface area contributed by atoms with Gasteiger partial charge in [0.05, 0.1) is 5.48 Å². The number of allylic oxidation sites excluding steroid dienone is 6. The summed E-state index contributed by atoms with van der Waals surface area (Å²) in [6.07, 6.45) is 6.86. The summed E-state index contributed by atoms with van der Waals surface area (Å²) in [5.41, 5.74) is -3.27. The first kappa shape index (κ1) is 41.4. The minimum absolute atomic E-state index is 0.0250. The number of phenols is 2. The van der Waals surface area contributed by atoms with Gasteiger partial charge in [0.15, 0.2) is 0 Å². The molecular weight excluding hydrogens is 1090 g/mol. The number of alkyl halides is 3. The van der Waals surface area contributed by atoms with Crippen molar-refractivity contribution in [1.29, 1.82) is 0 Å². The van der Waals surface area contributed by atoms with Gasteiger partial charge in [-0.1, -0.05) is 114 Å². The molecule has 72 heavy (non-hydrogen) atoms. The van der Waals surface area contributed by atoms with E-state index in [1.807, 2.05) is 36.4 Å². The molecule has 0 aliphatic heterocycles. The number of unbranched alkanes of at least 4 members (excludes halogenated alkanes) is 1. The summed E-state index contributed by atoms with van der Waals surface area (Å²) in [6, 6.07) is 25.2. The molecule has 15 heteroatoms. The van der Waals surface area contributed by atoms with E-state index in [0.29, 0.717) is 12.0 Å². The van der Waals surface area contributed by atoms with Crippen LogP contribution >= 0.6 is 13.6 Å². The number of rotatable bonds is 16. The van der Waals surface area contributed by atoms with Crippen molar-refractivity contribution < 1.29 is 83.1 Å². The van der Waals surface area contributed by atoms with Gasteiger partial charge in [-0.05, 0) is 153 Å². The predicted molar refractivity (Wildman–Crippen MR) is 295 cm³/mol. The molecule has 2 aliphatic rings. The zero-order chi connectivity index (χ0) is 67.3. The monoisotopic (exact) mass is 1180 g/mol. The topological polar surface area (TPSA) is 102 Å². The normalized spacial score (nSPS) is 21.8. The van der Waals surface area contributed by atoms with E-state index in [0.717, 1.165) is 37.8 Å². The summed E-state index contributed by atoms with van der Waals surface area (Å²) in [5.74, 6) is -5.88. The fourth-order valence-corrected chi connectivity index (χ4v) is 10.2. The van der Waals surface area contributed by atoms with Crippen molar-refractivity contribution in [1.82, 2.24) is 0 Å². The predicted octanol–water partition coefficient (Wildman–Crippen LogP) is 16.9. The first-order chi connectivity index (χ1) is 40.3. The average Bonchev–Trinajstić information content (AvgIpc) is 1.59. The number of aromatic hydroxyl groups is 2. The van der Waals surface area contributed by atoms with Gasteiger partial charge in [-0.15, -0.1) is 0 Å². The Morgan fingerprint density at radius 3 is 1.54 bits per heavy atom. The molecule has 4 aromatic rings. The number of hydrogen-bond donors (Lipinski definition) is 2. The van der Waals surface area contributed by atoms with Crippen LogP contribution in [0.2, 0.25) is 39.3 Å². The van der Waals surface area contributed by atoms with Crippen LogP contribution in [0.1, 0.15) is 128 Å². The van der Waals surface area contributed by atoms with Gasteiger partial charge in [-0.2, -0.15) is 28.0 Å². The second-order valence-corrected chi connectivity index (χ2v) is 29.7. The van der Waals surface area contributed by atoms with Gasteiger partial charge >= 0.3 is 45.6 Å². The molecule has 0 heterocycles. The van der Waals surface area contributed by atoms with Crippen LogP contribution in [0.25, 0.3) is 0 Å². The van der Waals surface area contributed by atoms with Crippen LogP contribution in [0, 0.1) is 18.8 Å². The Hall–Kier alpha value is -3.88. The number of aryl methyl sites for hydroxylation is 2. The van der Waals surface area contributed by atoms with Crippen molar-refractivity contribution >= 4 is 40.4 Å². The summed E-state index contributed by atoms with van der Waals surface area (Å²) in [7, 11) is -11.4. The molecule has 7 nitrogen and oxygen atoms in total. The van der Waals surface area contributed by atoms with E-state index >= 15 is 0 Å². The van der Waals surface area contributed by atoms with Crippen molar-refractivity contribution in [2.24, 2.45) is 11.8 Å². The molecule has 6 rings (SSSR count). The van der Waals surface area contributed by atoms with E-state index in [9.17, 15) is 31.8 Å². The van der Waals surface area contributed by atoms with Crippen molar-refractivity contribution in [3.63, 3.8) is 0 Å². The molecule has 0 fully saturated rings. The second-order valence-electron chi connectivity index (χ2n) is 19.3. The van der Waals surface area contributed by atoms with E-state index in [4.69, 9.17) is 30.8 Å². The van der Waals surface area contributed by atoms with Crippen LogP contribution in [-0.2, 0) is 45.7 Å². The molecule has 2 aliphatic carbocycles. The second kappa shape index (κ2) is 28.1. The Labute approximate surface area is 471 Å². The third-order valence-electron chi connectivity index (χ3n) is 11.2. The van der Waals surface area contributed by atoms with Crippen LogP contribution in [0.4, 0.5) is 13.2 Å². The number of halogens is 4. The zero-order valence-electron chi connectivity index (χ0n) is 57.7. The van der Waals surface area contributed by atoms with Gasteiger partial charge in [0.1, 0.15) is 28.7 Å². The Kier molecular flexibility index (Phi) is 16.2. The van der Waals surface area contributed by atoms with Gasteiger partial charge in [0, 0.05) is 51.5 Å². The van der Waals surface area contributed by atoms with Gasteiger partial charge in [0.2, 0.25) is 16.6 Å². The Morgan fingerprint density at radius 1 is 0.736 bits per heavy atom. The molecule has 0 aromatic heterocycles. The molecule has 4 aromatic carbocycles. The van der Waals surface area contributed by atoms with E-state index in [-0.39, 0.29) is 71.0 Å². The molecular formula is C57H76BrF3O7SSi2Zn. The van der Waals surface area contributed by atoms with E-state index < -0.39 is 113 Å². The Bertz CT molecular complexity index is 3140. The molecule has 0 spiro atoms. The maximum atomic E-state index is 13.2. The molecule has 0 saturated heterocycles. The molecule has 4 atom stereocenters. The first-order valence-corrected chi connectivity index (χ1v) is 38.5. The Morgan fingerprint density at radius 2 is 1.17 bits per heavy atom. The van der Waals surface area contributed by atoms with Crippen LogP contribution < -0.4 is 13.0 Å². The first-order valence-electron chi connectivity index (χ1n) is 31.3. The number of benzene rings is 4. The third kappa shape index (κ3) is 19.8. The fourth-order valence-electron chi connectivity index (χ4n) is 8.10. The molecule has 0 unspecified atom stereocenters. The zero-order valence-corrected chi connectivity index (χ0v) is 49.1. The summed E-state index contributed by atoms with van der Waals surface area (Å²) in [6.45, 7) is 1.68. The van der Waals surface area contributed by atoms with Crippen molar-refractivity contribution in [2.75, 3.05) is 0 Å². The maximum absolute atomic E-state index is 13.2. The molecule has 390 valence electrons. The fraction of sp³-hybridized carbons (Fsp3) is 0.421. The SMILES string of the molecule is [2H]C([2H])=C([C@@H]1CCC(C([2H])([2H])[2H])=C[C@H]1c1c(O)cc(CCCCc2ccccc2)cc1O)C([2H])([2H])[2H].[2H]C([2H])=C([C@@H]1CCC(C([2H])([2H])[2H])=C[C@H]1c1c(O[Si](C)(C)C)cc(OS(=O)(=O)C(F)(F)F)cc1O[Si](C)(C)C)C([2H])([2H])[2H].[CH2-]Cc1ccccc1.[Zn+][Br]. The Balaban J connectivity index is 0.000000400. The molecule has 0 bridgehead atoms. The number of phenolic OH excluding ortho intramolecular Hbond substituents is 2. The molecule has 2 N–H and O–H groups in total. The van der Waals surface area contributed by atoms with Crippen LogP contribution in [0.5, 0.6) is 28.7 Å². The summed E-state index contributed by atoms with van der Waals surface area (Å²) in [5, 5.41) is 21.8. The van der Waals surface area contributed by atoms with Gasteiger partial charge in [0.25, 0.3) is 0 Å². The van der Waals surface area contributed by atoms with Gasteiger partial charge in [-0.25, -0.2) is 0 Å². The van der Waals surface area contributed by atoms with Crippen LogP contribution in [0.15, 0.2) is 132 Å². The van der Waals surface area contributed by atoms with E-state index in [1.54, 1.807) is 39.3 Å². The van der Waals surface area contributed by atoms with Crippen molar-refractivity contribution in [3.8, 4) is 28.7 Å². The van der Waals surface area contributed by atoms with E-state index in [1.165, 1.54) is 51.8 Å². The van der Waals surface area contributed by atoms with Gasteiger partial charge < -0.3 is 30.2 Å². The quantitative estimate of drug-likeness (QED) is 0.0288. The van der Waals surface area contributed by atoms with Crippen molar-refractivity contribution in [2.45, 2.75) is 142 Å². The van der Waals surface area contributed by atoms with Gasteiger partial charge in [-0.3, -0.25) is 0 Å². The third-order valence-corrected chi connectivity index (χ3v) is 13.9. The average molecular weight is 1180 g/mol. The molecule has 0 amide bonds. The summed E-state index contributed by atoms with van der Waals surface area (Å²) < 4.78 is 207. The minimum atomic E-state index is -6.10. The van der Waals surface area contributed by atoms with Crippen molar-refractivity contribution in [3.05, 3.63) is 167 Å². The molecule has 0 radical (unpaired) electrons. The van der Waals surface area contributed by atoms with Crippen LogP contribution in [-0.4, -0.2) is 40.8 Å². The molecule has 0 saturated carbocycles. The van der Waals surface area contributed by atoms with Crippen LogP contribution in [0.3, 0.4) is 0 Å². The number of hydrogen-bond acceptors (Lipinski definition) is 7. The summed E-state index contributed by atoms with van der Waals surface area (Å²) >= 11 is 4.25. The summed E-state index contributed by atoms with van der Waals surface area (Å²) in [4.78, 5) is 0. The standard InChI is InChI=1S/C26H32O2.C23H35F3O5SSi2.C8H9.BrH.Zn/c1-18(2)22-14-13-19(3)15-23(22)26-24(27)16-21(17-25(26)28)12-8-7-11-20-9-5-4-6-10-20;1-15(2)18-11-10-16(3)12-19(18)22-20(30-33(4,5)6)13-17(14-21(22)31-34(7,8)9)29-32(27,28)23(24,25)26;1-2-8-6-4-3-5-7-8;;/h4-6,9-10,15-17,22-23,27-28H,1,7-8,11-14H2,2-3H3;12-14,18-19H,1,10-11H2,2-9H3;3-7H,1-2H2;1H;/q;;-1;;+2/p-1/t22-,23+;18-,19+;;;/m00.../s1/i2*1D2,2D3,3D3;;;. The van der Waals surface area contributed by atoms with E-state index in [2.05, 4.69) is 49.0 Å².